The molecule has 0 spiro atoms. The van der Waals surface area contributed by atoms with Gasteiger partial charge in [-0.05, 0) is 25.0 Å². The number of nitrogens with two attached hydrogens (primary N) is 1. The van der Waals surface area contributed by atoms with Gasteiger partial charge in [0.2, 0.25) is 20.0 Å². The van der Waals surface area contributed by atoms with Crippen molar-refractivity contribution < 1.29 is 26.5 Å². The number of hydrogen-bond donors (Lipinski definition) is 2. The molecule has 150 valence electrons. The van der Waals surface area contributed by atoms with Crippen molar-refractivity contribution in [3.8, 4) is 0 Å². The lowest BCUT2D eigenvalue weighted by Gasteiger charge is -2.32. The Hall–Kier alpha value is -1.80. The molecular formula is C14H20N4O7S2. The topological polar surface area (TPSA) is 162 Å². The third kappa shape index (κ3) is 4.55. The molecule has 1 saturated heterocycles. The van der Waals surface area contributed by atoms with E-state index in [-0.39, 0.29) is 35.5 Å². The lowest BCUT2D eigenvalue weighted by molar-refractivity contribution is -0.384. The number of nitro groups is 1. The van der Waals surface area contributed by atoms with Crippen molar-refractivity contribution >= 4 is 31.4 Å². The van der Waals surface area contributed by atoms with Crippen LogP contribution in [0.5, 0.6) is 0 Å². The molecule has 1 aliphatic carbocycles. The summed E-state index contributed by atoms with van der Waals surface area (Å²) in [6.07, 6.45) is 0.862. The Morgan fingerprint density at radius 2 is 2.00 bits per heavy atom. The zero-order valence-electron chi connectivity index (χ0n) is 14.3. The van der Waals surface area contributed by atoms with Gasteiger partial charge in [-0.15, -0.1) is 0 Å². The summed E-state index contributed by atoms with van der Waals surface area (Å²) in [4.78, 5) is 10.1. The van der Waals surface area contributed by atoms with E-state index in [4.69, 9.17) is 9.88 Å². The summed E-state index contributed by atoms with van der Waals surface area (Å²) in [5, 5.41) is 18.8. The zero-order valence-corrected chi connectivity index (χ0v) is 15.9. The SMILES string of the molecule is NS(=O)(=O)c1ccc(NCC2CN(S(=O)(=O)C3CC3)CCO2)c([N+](=O)[O-])c1. The summed E-state index contributed by atoms with van der Waals surface area (Å²) in [6.45, 7) is 0.824. The first kappa shape index (κ1) is 19.9. The number of nitrogens with zero attached hydrogens (tertiary/aromatic N) is 2. The molecule has 27 heavy (non-hydrogen) atoms. The molecule has 2 aliphatic rings. The van der Waals surface area contributed by atoms with E-state index in [9.17, 15) is 26.9 Å². The number of anilines is 1. The van der Waals surface area contributed by atoms with Crippen molar-refractivity contribution in [2.24, 2.45) is 5.14 Å². The van der Waals surface area contributed by atoms with Crippen LogP contribution in [0.15, 0.2) is 23.1 Å². The summed E-state index contributed by atoms with van der Waals surface area (Å²) < 4.78 is 54.4. The van der Waals surface area contributed by atoms with Crippen LogP contribution < -0.4 is 10.5 Å². The molecule has 13 heteroatoms. The molecule has 3 N–H and O–H groups in total. The van der Waals surface area contributed by atoms with Gasteiger partial charge in [0, 0.05) is 25.7 Å². The predicted octanol–water partition coefficient (Wildman–Crippen LogP) is -0.153. The van der Waals surface area contributed by atoms with E-state index in [1.54, 1.807) is 0 Å². The van der Waals surface area contributed by atoms with Gasteiger partial charge < -0.3 is 10.1 Å². The lowest BCUT2D eigenvalue weighted by atomic mass is 10.2. The third-order valence-corrected chi connectivity index (χ3v) is 7.70. The Balaban J connectivity index is 1.70. The minimum absolute atomic E-state index is 0.0955. The molecule has 1 unspecified atom stereocenters. The van der Waals surface area contributed by atoms with E-state index < -0.39 is 36.8 Å². The number of rotatable bonds is 7. The minimum Gasteiger partial charge on any atom is -0.377 e. The van der Waals surface area contributed by atoms with Crippen LogP contribution in [0.1, 0.15) is 12.8 Å². The normalized spacial score (nSPS) is 21.7. The summed E-state index contributed by atoms with van der Waals surface area (Å²) in [5.74, 6) is 0. The molecule has 0 radical (unpaired) electrons. The summed E-state index contributed by atoms with van der Waals surface area (Å²) >= 11 is 0. The molecule has 1 saturated carbocycles. The van der Waals surface area contributed by atoms with Crippen LogP contribution in [-0.4, -0.2) is 63.7 Å². The van der Waals surface area contributed by atoms with Gasteiger partial charge in [0.05, 0.1) is 27.8 Å². The first-order valence-electron chi connectivity index (χ1n) is 8.24. The Kier molecular flexibility index (Phi) is 5.40. The molecule has 0 amide bonds. The molecule has 1 atom stereocenters. The van der Waals surface area contributed by atoms with E-state index in [2.05, 4.69) is 5.32 Å². The Labute approximate surface area is 156 Å². The van der Waals surface area contributed by atoms with Crippen LogP contribution in [0.2, 0.25) is 0 Å². The second kappa shape index (κ2) is 7.31. The van der Waals surface area contributed by atoms with Crippen molar-refractivity contribution in [2.75, 3.05) is 31.6 Å². The molecular weight excluding hydrogens is 400 g/mol. The molecule has 11 nitrogen and oxygen atoms in total. The molecule has 1 heterocycles. The maximum atomic E-state index is 12.3. The van der Waals surface area contributed by atoms with Gasteiger partial charge in [0.15, 0.2) is 0 Å². The zero-order chi connectivity index (χ0) is 19.8. The van der Waals surface area contributed by atoms with Crippen LogP contribution >= 0.6 is 0 Å². The highest BCUT2D eigenvalue weighted by Gasteiger charge is 2.41. The summed E-state index contributed by atoms with van der Waals surface area (Å²) in [6, 6.07) is 3.29. The van der Waals surface area contributed by atoms with Gasteiger partial charge in [-0.3, -0.25) is 10.1 Å². The smallest absolute Gasteiger partial charge is 0.293 e. The van der Waals surface area contributed by atoms with E-state index in [1.807, 2.05) is 0 Å². The lowest BCUT2D eigenvalue weighted by Crippen LogP contribution is -2.48. The van der Waals surface area contributed by atoms with Crippen molar-refractivity contribution in [3.63, 3.8) is 0 Å². The molecule has 1 aliphatic heterocycles. The first-order valence-corrected chi connectivity index (χ1v) is 11.3. The number of hydrogen-bond acceptors (Lipinski definition) is 8. The Bertz CT molecular complexity index is 944. The molecule has 0 aromatic heterocycles. The Morgan fingerprint density at radius 3 is 2.59 bits per heavy atom. The number of ether oxygens (including phenoxy) is 1. The quantitative estimate of drug-likeness (QED) is 0.454. The largest absolute Gasteiger partial charge is 0.377 e. The molecule has 1 aromatic carbocycles. The van der Waals surface area contributed by atoms with Gasteiger partial charge in [0.25, 0.3) is 5.69 Å². The number of sulfonamides is 2. The number of benzene rings is 1. The highest BCUT2D eigenvalue weighted by atomic mass is 32.2. The number of nitro benzene ring substituents is 1. The van der Waals surface area contributed by atoms with Crippen LogP contribution in [0.25, 0.3) is 0 Å². The third-order valence-electron chi connectivity index (χ3n) is 4.42. The fourth-order valence-electron chi connectivity index (χ4n) is 2.84. The number of morpholine rings is 1. The standard InChI is InChI=1S/C14H20N4O7S2/c15-26(21,22)12-3-4-13(14(7-12)18(19)20)16-8-10-9-17(5-6-25-10)27(23,24)11-1-2-11/h3-4,7,10-11,16H,1-2,5-6,8-9H2,(H2,15,21,22). The maximum absolute atomic E-state index is 12.3. The van der Waals surface area contributed by atoms with Crippen LogP contribution in [-0.2, 0) is 24.8 Å². The first-order chi connectivity index (χ1) is 12.6. The fraction of sp³-hybridized carbons (Fsp3) is 0.571. The van der Waals surface area contributed by atoms with E-state index >= 15 is 0 Å². The van der Waals surface area contributed by atoms with Crippen molar-refractivity contribution in [3.05, 3.63) is 28.3 Å². The maximum Gasteiger partial charge on any atom is 0.293 e. The van der Waals surface area contributed by atoms with Crippen molar-refractivity contribution in [1.29, 1.82) is 0 Å². The Morgan fingerprint density at radius 1 is 1.30 bits per heavy atom. The van der Waals surface area contributed by atoms with Crippen molar-refractivity contribution in [2.45, 2.75) is 29.1 Å². The molecule has 0 bridgehead atoms. The molecule has 3 rings (SSSR count). The number of nitrogens with one attached hydrogen (secondary N) is 1. The second-order valence-electron chi connectivity index (χ2n) is 6.46. The van der Waals surface area contributed by atoms with Crippen LogP contribution in [0.3, 0.4) is 0 Å². The summed E-state index contributed by atoms with van der Waals surface area (Å²) in [7, 11) is -7.38. The van der Waals surface area contributed by atoms with E-state index in [0.29, 0.717) is 19.4 Å². The highest BCUT2D eigenvalue weighted by Crippen LogP contribution is 2.32. The fourth-order valence-corrected chi connectivity index (χ4v) is 5.23. The van der Waals surface area contributed by atoms with E-state index in [1.165, 1.54) is 10.4 Å². The molecule has 1 aromatic rings. The second-order valence-corrected chi connectivity index (χ2v) is 10.2. The van der Waals surface area contributed by atoms with Gasteiger partial charge in [-0.25, -0.2) is 22.0 Å². The van der Waals surface area contributed by atoms with Gasteiger partial charge in [0.1, 0.15) is 5.69 Å². The minimum atomic E-state index is -4.07. The van der Waals surface area contributed by atoms with Crippen LogP contribution in [0.4, 0.5) is 11.4 Å². The average molecular weight is 420 g/mol. The summed E-state index contributed by atoms with van der Waals surface area (Å²) in [5.41, 5.74) is -0.349. The number of primary sulfonamides is 1. The van der Waals surface area contributed by atoms with Crippen LogP contribution in [0, 0.1) is 10.1 Å². The average Bonchev–Trinajstić information content (AvgIpc) is 3.44. The molecule has 2 fully saturated rings. The predicted molar refractivity (Wildman–Crippen MR) is 96.2 cm³/mol. The van der Waals surface area contributed by atoms with Gasteiger partial charge in [-0.1, -0.05) is 0 Å². The highest BCUT2D eigenvalue weighted by molar-refractivity contribution is 7.90. The van der Waals surface area contributed by atoms with Crippen molar-refractivity contribution in [1.82, 2.24) is 4.31 Å². The van der Waals surface area contributed by atoms with Gasteiger partial charge in [-0.2, -0.15) is 4.31 Å². The van der Waals surface area contributed by atoms with E-state index in [0.717, 1.165) is 12.1 Å². The van der Waals surface area contributed by atoms with Gasteiger partial charge >= 0.3 is 0 Å². The monoisotopic (exact) mass is 420 g/mol.